The summed E-state index contributed by atoms with van der Waals surface area (Å²) in [7, 11) is 0. The summed E-state index contributed by atoms with van der Waals surface area (Å²) in [6.45, 7) is 5.43. The van der Waals surface area contributed by atoms with E-state index in [1.54, 1.807) is 24.3 Å². The summed E-state index contributed by atoms with van der Waals surface area (Å²) in [6.07, 6.45) is 1.26. The van der Waals surface area contributed by atoms with Crippen LogP contribution in [-0.4, -0.2) is 23.0 Å². The van der Waals surface area contributed by atoms with E-state index < -0.39 is 5.60 Å². The van der Waals surface area contributed by atoms with Crippen LogP contribution in [0.2, 0.25) is 0 Å². The molecule has 1 aromatic carbocycles. The molecule has 0 saturated carbocycles. The average molecular weight is 221 g/mol. The molecule has 86 valence electrons. The van der Waals surface area contributed by atoms with E-state index in [2.05, 4.69) is 5.16 Å². The summed E-state index contributed by atoms with van der Waals surface area (Å²) in [6, 6.07) is 6.69. The number of oxime groups is 1. The molecular weight excluding hydrogens is 206 g/mol. The molecule has 1 rings (SSSR count). The third-order valence-electron chi connectivity index (χ3n) is 1.73. The molecule has 0 bridgehead atoms. The number of carbonyl (C=O) groups excluding carboxylic acids is 1. The van der Waals surface area contributed by atoms with Crippen molar-refractivity contribution in [3.05, 3.63) is 35.4 Å². The molecule has 0 spiro atoms. The molecule has 0 heterocycles. The highest BCUT2D eigenvalue weighted by Crippen LogP contribution is 2.12. The van der Waals surface area contributed by atoms with Gasteiger partial charge in [0.25, 0.3) is 0 Å². The molecule has 1 N–H and O–H groups in total. The van der Waals surface area contributed by atoms with Crippen LogP contribution in [0.3, 0.4) is 0 Å². The van der Waals surface area contributed by atoms with Crippen molar-refractivity contribution in [2.45, 2.75) is 26.4 Å². The minimum Gasteiger partial charge on any atom is -0.456 e. The van der Waals surface area contributed by atoms with Gasteiger partial charge in [-0.15, -0.1) is 0 Å². The first kappa shape index (κ1) is 12.2. The number of nitrogens with zero attached hydrogens (tertiary/aromatic N) is 1. The minimum atomic E-state index is -0.516. The summed E-state index contributed by atoms with van der Waals surface area (Å²) in [5, 5.41) is 11.3. The standard InChI is InChI=1S/C12H15NO3/c1-12(2,3)16-11(14)10-6-4-5-9(7-10)8-13-15/h4-8,15H,1-3H3/b13-8+. The maximum absolute atomic E-state index is 11.7. The summed E-state index contributed by atoms with van der Waals surface area (Å²) < 4.78 is 5.21. The van der Waals surface area contributed by atoms with Crippen molar-refractivity contribution < 1.29 is 14.7 Å². The van der Waals surface area contributed by atoms with Crippen LogP contribution in [0.1, 0.15) is 36.7 Å². The van der Waals surface area contributed by atoms with Gasteiger partial charge in [0.05, 0.1) is 11.8 Å². The molecule has 1 aromatic rings. The summed E-state index contributed by atoms with van der Waals surface area (Å²) >= 11 is 0. The van der Waals surface area contributed by atoms with Gasteiger partial charge in [0.1, 0.15) is 5.60 Å². The summed E-state index contributed by atoms with van der Waals surface area (Å²) in [5.74, 6) is -0.388. The first-order valence-electron chi connectivity index (χ1n) is 4.93. The number of carbonyl (C=O) groups is 1. The van der Waals surface area contributed by atoms with E-state index in [9.17, 15) is 4.79 Å². The van der Waals surface area contributed by atoms with Crippen molar-refractivity contribution in [1.82, 2.24) is 0 Å². The van der Waals surface area contributed by atoms with E-state index in [-0.39, 0.29) is 5.97 Å². The molecule has 0 atom stereocenters. The maximum Gasteiger partial charge on any atom is 0.338 e. The van der Waals surface area contributed by atoms with Crippen molar-refractivity contribution in [1.29, 1.82) is 0 Å². The van der Waals surface area contributed by atoms with Gasteiger partial charge in [-0.25, -0.2) is 4.79 Å². The summed E-state index contributed by atoms with van der Waals surface area (Å²) in [4.78, 5) is 11.7. The highest BCUT2D eigenvalue weighted by molar-refractivity contribution is 5.92. The van der Waals surface area contributed by atoms with E-state index in [4.69, 9.17) is 9.94 Å². The zero-order valence-electron chi connectivity index (χ0n) is 9.60. The lowest BCUT2D eigenvalue weighted by Crippen LogP contribution is -2.23. The molecule has 0 aromatic heterocycles. The Bertz CT molecular complexity index is 405. The van der Waals surface area contributed by atoms with Gasteiger partial charge < -0.3 is 9.94 Å². The predicted octanol–water partition coefficient (Wildman–Crippen LogP) is 2.45. The van der Waals surface area contributed by atoms with E-state index >= 15 is 0 Å². The molecule has 0 aliphatic carbocycles. The number of ether oxygens (including phenoxy) is 1. The molecule has 0 amide bonds. The fourth-order valence-electron chi connectivity index (χ4n) is 1.15. The van der Waals surface area contributed by atoms with E-state index in [1.165, 1.54) is 6.21 Å². The Morgan fingerprint density at radius 3 is 2.69 bits per heavy atom. The lowest BCUT2D eigenvalue weighted by Gasteiger charge is -2.19. The zero-order chi connectivity index (χ0) is 12.2. The molecule has 4 nitrogen and oxygen atoms in total. The van der Waals surface area contributed by atoms with Gasteiger partial charge in [0.15, 0.2) is 0 Å². The Labute approximate surface area is 94.5 Å². The van der Waals surface area contributed by atoms with E-state index in [1.807, 2.05) is 20.8 Å². The number of hydrogen-bond acceptors (Lipinski definition) is 4. The van der Waals surface area contributed by atoms with Crippen LogP contribution in [0.5, 0.6) is 0 Å². The smallest absolute Gasteiger partial charge is 0.338 e. The Morgan fingerprint density at radius 1 is 1.44 bits per heavy atom. The molecule has 0 aliphatic rings. The van der Waals surface area contributed by atoms with Crippen molar-refractivity contribution in [2.75, 3.05) is 0 Å². The molecule has 0 aliphatic heterocycles. The molecule has 0 saturated heterocycles. The first-order valence-corrected chi connectivity index (χ1v) is 4.93. The SMILES string of the molecule is CC(C)(C)OC(=O)c1cccc(/C=N/O)c1. The van der Waals surface area contributed by atoms with Crippen molar-refractivity contribution in [3.8, 4) is 0 Å². The van der Waals surface area contributed by atoms with E-state index in [0.29, 0.717) is 11.1 Å². The highest BCUT2D eigenvalue weighted by Gasteiger charge is 2.17. The number of benzene rings is 1. The quantitative estimate of drug-likeness (QED) is 0.361. The summed E-state index contributed by atoms with van der Waals surface area (Å²) in [5.41, 5.74) is 0.566. The first-order chi connectivity index (χ1) is 7.42. The average Bonchev–Trinajstić information content (AvgIpc) is 2.16. The second kappa shape index (κ2) is 4.79. The zero-order valence-corrected chi connectivity index (χ0v) is 9.60. The fraction of sp³-hybridized carbons (Fsp3) is 0.333. The molecule has 0 fully saturated rings. The van der Waals surface area contributed by atoms with Crippen LogP contribution in [0.4, 0.5) is 0 Å². The van der Waals surface area contributed by atoms with Gasteiger partial charge in [0.2, 0.25) is 0 Å². The topological polar surface area (TPSA) is 58.9 Å². The van der Waals surface area contributed by atoms with Gasteiger partial charge in [0, 0.05) is 0 Å². The fourth-order valence-corrected chi connectivity index (χ4v) is 1.15. The van der Waals surface area contributed by atoms with Crippen molar-refractivity contribution >= 4 is 12.2 Å². The third kappa shape index (κ3) is 3.73. The van der Waals surface area contributed by atoms with Crippen LogP contribution < -0.4 is 0 Å². The van der Waals surface area contributed by atoms with Crippen LogP contribution >= 0.6 is 0 Å². The highest BCUT2D eigenvalue weighted by atomic mass is 16.6. The Morgan fingerprint density at radius 2 is 2.12 bits per heavy atom. The van der Waals surface area contributed by atoms with Gasteiger partial charge >= 0.3 is 5.97 Å². The van der Waals surface area contributed by atoms with Gasteiger partial charge in [-0.1, -0.05) is 17.3 Å². The monoisotopic (exact) mass is 221 g/mol. The molecule has 0 unspecified atom stereocenters. The van der Waals surface area contributed by atoms with Gasteiger partial charge in [-0.2, -0.15) is 0 Å². The number of rotatable bonds is 2. The van der Waals surface area contributed by atoms with Gasteiger partial charge in [-0.3, -0.25) is 0 Å². The van der Waals surface area contributed by atoms with Crippen LogP contribution in [0.15, 0.2) is 29.4 Å². The number of hydrogen-bond donors (Lipinski definition) is 1. The Hall–Kier alpha value is -1.84. The lowest BCUT2D eigenvalue weighted by molar-refractivity contribution is 0.00695. The van der Waals surface area contributed by atoms with Crippen LogP contribution in [0.25, 0.3) is 0 Å². The Balaban J connectivity index is 2.88. The number of esters is 1. The Kier molecular flexibility index (Phi) is 3.66. The third-order valence-corrected chi connectivity index (χ3v) is 1.73. The molecular formula is C12H15NO3. The van der Waals surface area contributed by atoms with Crippen molar-refractivity contribution in [2.24, 2.45) is 5.16 Å². The minimum absolute atomic E-state index is 0.388. The largest absolute Gasteiger partial charge is 0.456 e. The van der Waals surface area contributed by atoms with Crippen LogP contribution in [-0.2, 0) is 4.74 Å². The maximum atomic E-state index is 11.7. The van der Waals surface area contributed by atoms with Crippen LogP contribution in [0, 0.1) is 0 Å². The lowest BCUT2D eigenvalue weighted by atomic mass is 10.1. The second-order valence-electron chi connectivity index (χ2n) is 4.37. The van der Waals surface area contributed by atoms with E-state index in [0.717, 1.165) is 0 Å². The molecule has 16 heavy (non-hydrogen) atoms. The molecule has 0 radical (unpaired) electrons. The van der Waals surface area contributed by atoms with Gasteiger partial charge in [-0.05, 0) is 38.5 Å². The molecule has 4 heteroatoms. The normalized spacial score (nSPS) is 11.7. The predicted molar refractivity (Wildman–Crippen MR) is 61.0 cm³/mol. The van der Waals surface area contributed by atoms with Crippen molar-refractivity contribution in [3.63, 3.8) is 0 Å². The second-order valence-corrected chi connectivity index (χ2v) is 4.37.